The summed E-state index contributed by atoms with van der Waals surface area (Å²) >= 11 is 0. The molecule has 6 heteroatoms. The van der Waals surface area contributed by atoms with Crippen LogP contribution in [-0.2, 0) is 16.1 Å². The van der Waals surface area contributed by atoms with Gasteiger partial charge in [-0.25, -0.2) is 4.99 Å². The first kappa shape index (κ1) is 17.7. The minimum Gasteiger partial charge on any atom is -0.344 e. The van der Waals surface area contributed by atoms with Gasteiger partial charge in [0.25, 0.3) is 0 Å². The van der Waals surface area contributed by atoms with Crippen LogP contribution in [0.4, 0.5) is 5.69 Å². The SMILES string of the molecule is Cc1cc(C)cc(NC(=O)[C@H]2CC(=O)NC(=NCc3ccccc3)N2)c1. The number of nitrogens with zero attached hydrogens (tertiary/aromatic N) is 1. The summed E-state index contributed by atoms with van der Waals surface area (Å²) in [5.41, 5.74) is 3.89. The van der Waals surface area contributed by atoms with Crippen molar-refractivity contribution in [2.24, 2.45) is 4.99 Å². The van der Waals surface area contributed by atoms with Crippen LogP contribution in [0.25, 0.3) is 0 Å². The molecule has 0 aromatic heterocycles. The third-order valence-corrected chi connectivity index (χ3v) is 4.03. The molecule has 1 saturated heterocycles. The Morgan fingerprint density at radius 1 is 1.15 bits per heavy atom. The molecule has 2 amide bonds. The quantitative estimate of drug-likeness (QED) is 0.791. The number of amides is 2. The molecule has 1 fully saturated rings. The maximum atomic E-state index is 12.5. The molecule has 0 bridgehead atoms. The van der Waals surface area contributed by atoms with Crippen molar-refractivity contribution >= 4 is 23.5 Å². The summed E-state index contributed by atoms with van der Waals surface area (Å²) in [4.78, 5) is 28.9. The zero-order valence-corrected chi connectivity index (χ0v) is 14.9. The van der Waals surface area contributed by atoms with Crippen LogP contribution in [0.1, 0.15) is 23.1 Å². The monoisotopic (exact) mass is 350 g/mol. The number of rotatable bonds is 4. The second-order valence-electron chi connectivity index (χ2n) is 6.47. The molecule has 0 radical (unpaired) electrons. The van der Waals surface area contributed by atoms with Gasteiger partial charge in [0.2, 0.25) is 11.8 Å². The number of nitrogens with one attached hydrogen (secondary N) is 3. The fourth-order valence-corrected chi connectivity index (χ4v) is 2.89. The Labute approximate surface area is 152 Å². The van der Waals surface area contributed by atoms with E-state index in [2.05, 4.69) is 20.9 Å². The van der Waals surface area contributed by atoms with E-state index in [4.69, 9.17) is 0 Å². The van der Waals surface area contributed by atoms with E-state index < -0.39 is 6.04 Å². The van der Waals surface area contributed by atoms with E-state index in [0.717, 1.165) is 22.4 Å². The van der Waals surface area contributed by atoms with E-state index in [1.807, 2.05) is 62.4 Å². The van der Waals surface area contributed by atoms with Crippen molar-refractivity contribution in [3.05, 3.63) is 65.2 Å². The smallest absolute Gasteiger partial charge is 0.247 e. The second-order valence-corrected chi connectivity index (χ2v) is 6.47. The molecule has 1 atom stereocenters. The second kappa shape index (κ2) is 7.82. The summed E-state index contributed by atoms with van der Waals surface area (Å²) < 4.78 is 0. The number of hydrogen-bond donors (Lipinski definition) is 3. The predicted octanol–water partition coefficient (Wildman–Crippen LogP) is 2.28. The van der Waals surface area contributed by atoms with Gasteiger partial charge in [-0.1, -0.05) is 36.4 Å². The number of aryl methyl sites for hydroxylation is 2. The zero-order valence-electron chi connectivity index (χ0n) is 14.9. The number of carbonyl (C=O) groups is 2. The van der Waals surface area contributed by atoms with Crippen molar-refractivity contribution in [1.82, 2.24) is 10.6 Å². The molecule has 0 saturated carbocycles. The number of aliphatic imine (C=N–C) groups is 1. The Morgan fingerprint density at radius 2 is 1.85 bits per heavy atom. The average molecular weight is 350 g/mol. The third kappa shape index (κ3) is 4.69. The Balaban J connectivity index is 1.67. The number of hydrogen-bond acceptors (Lipinski definition) is 3. The van der Waals surface area contributed by atoms with Gasteiger partial charge in [0.1, 0.15) is 6.04 Å². The van der Waals surface area contributed by atoms with Crippen LogP contribution in [0.2, 0.25) is 0 Å². The topological polar surface area (TPSA) is 82.6 Å². The highest BCUT2D eigenvalue weighted by atomic mass is 16.2. The van der Waals surface area contributed by atoms with Gasteiger partial charge >= 0.3 is 0 Å². The molecule has 2 aromatic carbocycles. The molecular formula is C20H22N4O2. The van der Waals surface area contributed by atoms with Gasteiger partial charge in [-0.15, -0.1) is 0 Å². The first-order chi connectivity index (χ1) is 12.5. The van der Waals surface area contributed by atoms with Gasteiger partial charge < -0.3 is 10.6 Å². The molecule has 1 aliphatic rings. The van der Waals surface area contributed by atoms with Crippen molar-refractivity contribution in [2.75, 3.05) is 5.32 Å². The van der Waals surface area contributed by atoms with Crippen LogP contribution < -0.4 is 16.0 Å². The molecule has 26 heavy (non-hydrogen) atoms. The van der Waals surface area contributed by atoms with E-state index in [0.29, 0.717) is 12.5 Å². The molecule has 0 spiro atoms. The van der Waals surface area contributed by atoms with E-state index in [9.17, 15) is 9.59 Å². The summed E-state index contributed by atoms with van der Waals surface area (Å²) in [6.07, 6.45) is 0.0704. The maximum absolute atomic E-state index is 12.5. The van der Waals surface area contributed by atoms with E-state index in [1.165, 1.54) is 0 Å². The van der Waals surface area contributed by atoms with Crippen LogP contribution >= 0.6 is 0 Å². The van der Waals surface area contributed by atoms with Crippen molar-refractivity contribution in [1.29, 1.82) is 0 Å². The van der Waals surface area contributed by atoms with Crippen molar-refractivity contribution in [3.63, 3.8) is 0 Å². The van der Waals surface area contributed by atoms with Crippen LogP contribution in [0.3, 0.4) is 0 Å². The lowest BCUT2D eigenvalue weighted by Crippen LogP contribution is -2.57. The molecule has 3 N–H and O–H groups in total. The van der Waals surface area contributed by atoms with E-state index in [-0.39, 0.29) is 18.2 Å². The molecule has 1 heterocycles. The third-order valence-electron chi connectivity index (χ3n) is 4.03. The average Bonchev–Trinajstić information content (AvgIpc) is 2.59. The molecule has 3 rings (SSSR count). The largest absolute Gasteiger partial charge is 0.344 e. The molecule has 0 aliphatic carbocycles. The highest BCUT2D eigenvalue weighted by molar-refractivity contribution is 6.07. The lowest BCUT2D eigenvalue weighted by atomic mass is 10.1. The predicted molar refractivity (Wildman–Crippen MR) is 102 cm³/mol. The minimum absolute atomic E-state index is 0.0704. The standard InChI is InChI=1S/C20H22N4O2/c1-13-8-14(2)10-16(9-13)22-19(26)17-11-18(25)24-20(23-17)21-12-15-6-4-3-5-7-15/h3-10,17H,11-12H2,1-2H3,(H,22,26)(H2,21,23,24,25)/t17-/m1/s1. The van der Waals surface area contributed by atoms with Crippen molar-refractivity contribution in [2.45, 2.75) is 32.9 Å². The number of benzene rings is 2. The highest BCUT2D eigenvalue weighted by Crippen LogP contribution is 2.14. The summed E-state index contributed by atoms with van der Waals surface area (Å²) in [5, 5.41) is 8.55. The fraction of sp³-hybridized carbons (Fsp3) is 0.250. The lowest BCUT2D eigenvalue weighted by molar-refractivity contribution is -0.125. The summed E-state index contributed by atoms with van der Waals surface area (Å²) in [5.74, 6) is -0.154. The Kier molecular flexibility index (Phi) is 5.31. The van der Waals surface area contributed by atoms with Gasteiger partial charge in [-0.05, 0) is 42.7 Å². The van der Waals surface area contributed by atoms with Crippen LogP contribution in [-0.4, -0.2) is 23.8 Å². The van der Waals surface area contributed by atoms with Gasteiger partial charge in [0.15, 0.2) is 5.96 Å². The molecule has 6 nitrogen and oxygen atoms in total. The molecule has 1 aliphatic heterocycles. The van der Waals surface area contributed by atoms with Crippen LogP contribution in [0.15, 0.2) is 53.5 Å². The molecule has 2 aromatic rings. The summed E-state index contributed by atoms with van der Waals surface area (Å²) in [6, 6.07) is 14.9. The van der Waals surface area contributed by atoms with E-state index in [1.54, 1.807) is 0 Å². The molecule has 0 unspecified atom stereocenters. The Bertz CT molecular complexity index is 826. The molecule has 134 valence electrons. The van der Waals surface area contributed by atoms with Gasteiger partial charge in [-0.2, -0.15) is 0 Å². The lowest BCUT2D eigenvalue weighted by Gasteiger charge is -2.25. The van der Waals surface area contributed by atoms with E-state index >= 15 is 0 Å². The summed E-state index contributed by atoms with van der Waals surface area (Å²) in [7, 11) is 0. The number of carbonyl (C=O) groups excluding carboxylic acids is 2. The van der Waals surface area contributed by atoms with Crippen molar-refractivity contribution in [3.8, 4) is 0 Å². The van der Waals surface area contributed by atoms with Gasteiger partial charge in [0, 0.05) is 5.69 Å². The normalized spacial score (nSPS) is 18.2. The summed E-state index contributed by atoms with van der Waals surface area (Å²) in [6.45, 7) is 4.38. The molecular weight excluding hydrogens is 328 g/mol. The van der Waals surface area contributed by atoms with Crippen LogP contribution in [0, 0.1) is 13.8 Å². The highest BCUT2D eigenvalue weighted by Gasteiger charge is 2.28. The Hall–Kier alpha value is -3.15. The zero-order chi connectivity index (χ0) is 18.5. The number of anilines is 1. The first-order valence-electron chi connectivity index (χ1n) is 8.53. The van der Waals surface area contributed by atoms with Crippen LogP contribution in [0.5, 0.6) is 0 Å². The fourth-order valence-electron chi connectivity index (χ4n) is 2.89. The maximum Gasteiger partial charge on any atom is 0.247 e. The minimum atomic E-state index is -0.654. The van der Waals surface area contributed by atoms with Crippen molar-refractivity contribution < 1.29 is 9.59 Å². The van der Waals surface area contributed by atoms with Gasteiger partial charge in [-0.3, -0.25) is 14.9 Å². The van der Waals surface area contributed by atoms with Gasteiger partial charge in [0.05, 0.1) is 13.0 Å². The Morgan fingerprint density at radius 3 is 2.54 bits per heavy atom. The first-order valence-corrected chi connectivity index (χ1v) is 8.53. The number of guanidine groups is 1.